The first kappa shape index (κ1) is 16.3. The molecule has 0 bridgehead atoms. The Bertz CT molecular complexity index is 199. The van der Waals surface area contributed by atoms with Crippen LogP contribution < -0.4 is 5.32 Å². The number of hydrogen-bond donors (Lipinski definition) is 3. The Morgan fingerprint density at radius 3 is 2.33 bits per heavy atom. The Morgan fingerprint density at radius 1 is 1.33 bits per heavy atom. The minimum atomic E-state index is -0.984. The van der Waals surface area contributed by atoms with Gasteiger partial charge in [-0.05, 0) is 19.4 Å². The van der Waals surface area contributed by atoms with Crippen LogP contribution in [0.1, 0.15) is 32.6 Å². The molecule has 0 fully saturated rings. The summed E-state index contributed by atoms with van der Waals surface area (Å²) in [7, 11) is 0. The third-order valence-corrected chi connectivity index (χ3v) is 1.87. The highest BCUT2D eigenvalue weighted by Crippen LogP contribution is 1.98. The maximum atomic E-state index is 10.7. The van der Waals surface area contributed by atoms with Gasteiger partial charge in [0.1, 0.15) is 6.04 Å². The van der Waals surface area contributed by atoms with Crippen LogP contribution in [0.2, 0.25) is 0 Å². The van der Waals surface area contributed by atoms with E-state index in [1.165, 1.54) is 0 Å². The van der Waals surface area contributed by atoms with E-state index in [-0.39, 0.29) is 17.5 Å². The van der Waals surface area contributed by atoms with Crippen LogP contribution >= 0.6 is 0 Å². The molecule has 5 nitrogen and oxygen atoms in total. The summed E-state index contributed by atoms with van der Waals surface area (Å²) < 4.78 is 0. The van der Waals surface area contributed by atoms with Crippen molar-refractivity contribution < 1.29 is 24.5 Å². The van der Waals surface area contributed by atoms with Crippen LogP contribution in [0.5, 0.6) is 0 Å². The Labute approximate surface area is 87.8 Å². The summed E-state index contributed by atoms with van der Waals surface area (Å²) in [5, 5.41) is 19.9. The summed E-state index contributed by atoms with van der Waals surface area (Å²) in [6.07, 6.45) is 1.90. The van der Waals surface area contributed by atoms with E-state index in [0.29, 0.717) is 6.54 Å². The number of carbonyl (C=O) groups is 2. The predicted octanol–water partition coefficient (Wildman–Crippen LogP) is 0.847. The first-order valence-corrected chi connectivity index (χ1v) is 4.76. The normalized spacial score (nSPS) is 11.5. The number of hydrogen-bond acceptors (Lipinski definition) is 3. The molecule has 0 saturated carbocycles. The number of unbranched alkanes of at least 4 members (excludes halogenated alkanes) is 1. The van der Waals surface area contributed by atoms with Gasteiger partial charge >= 0.3 is 11.9 Å². The number of carboxylic acids is 2. The second kappa shape index (κ2) is 9.39. The van der Waals surface area contributed by atoms with Crippen molar-refractivity contribution in [3.8, 4) is 0 Å². The maximum absolute atomic E-state index is 10.7. The molecule has 0 aliphatic heterocycles. The van der Waals surface area contributed by atoms with Gasteiger partial charge in [-0.2, -0.15) is 0 Å². The van der Waals surface area contributed by atoms with Crippen LogP contribution in [0.3, 0.4) is 0 Å². The van der Waals surface area contributed by atoms with E-state index in [0.717, 1.165) is 12.8 Å². The first-order valence-electron chi connectivity index (χ1n) is 4.76. The lowest BCUT2D eigenvalue weighted by Gasteiger charge is -2.12. The van der Waals surface area contributed by atoms with Crippen molar-refractivity contribution in [2.75, 3.05) is 6.54 Å². The van der Waals surface area contributed by atoms with Crippen molar-refractivity contribution in [1.82, 2.24) is 5.32 Å². The van der Waals surface area contributed by atoms with E-state index in [1.807, 2.05) is 6.92 Å². The lowest BCUT2D eigenvalue weighted by Crippen LogP contribution is -2.37. The second-order valence-corrected chi connectivity index (χ2v) is 3.13. The van der Waals surface area contributed by atoms with E-state index in [2.05, 4.69) is 5.32 Å². The summed E-state index contributed by atoms with van der Waals surface area (Å²) in [5.74, 6) is -1.95. The molecule has 0 heterocycles. The minimum absolute atomic E-state index is 0. The largest absolute Gasteiger partial charge is 0.481 e. The summed E-state index contributed by atoms with van der Waals surface area (Å²) in [6.45, 7) is 2.63. The molecular weight excluding hydrogens is 205 g/mol. The molecule has 0 aromatic rings. The highest BCUT2D eigenvalue weighted by atomic mass is 19.0. The number of halogens is 1. The lowest BCUT2D eigenvalue weighted by atomic mass is 10.1. The molecule has 15 heavy (non-hydrogen) atoms. The Hall–Kier alpha value is -1.17. The molecule has 0 aliphatic rings. The van der Waals surface area contributed by atoms with Crippen molar-refractivity contribution in [3.63, 3.8) is 0 Å². The summed E-state index contributed by atoms with van der Waals surface area (Å²) >= 11 is 0. The molecule has 0 rings (SSSR count). The quantitative estimate of drug-likeness (QED) is 0.531. The monoisotopic (exact) mass is 223 g/mol. The fourth-order valence-corrected chi connectivity index (χ4v) is 1.03. The molecule has 1 atom stereocenters. The van der Waals surface area contributed by atoms with Gasteiger partial charge in [0.05, 0.1) is 0 Å². The zero-order valence-electron chi connectivity index (χ0n) is 8.73. The average Bonchev–Trinajstić information content (AvgIpc) is 2.10. The summed E-state index contributed by atoms with van der Waals surface area (Å²) in [6, 6.07) is -0.738. The molecule has 3 N–H and O–H groups in total. The Morgan fingerprint density at radius 2 is 1.93 bits per heavy atom. The maximum Gasteiger partial charge on any atom is 0.320 e. The van der Waals surface area contributed by atoms with Crippen molar-refractivity contribution in [1.29, 1.82) is 0 Å². The average molecular weight is 223 g/mol. The third kappa shape index (κ3) is 9.14. The smallest absolute Gasteiger partial charge is 0.320 e. The van der Waals surface area contributed by atoms with Crippen LogP contribution in [0, 0.1) is 0 Å². The van der Waals surface area contributed by atoms with Gasteiger partial charge in [0.15, 0.2) is 0 Å². The minimum Gasteiger partial charge on any atom is -0.481 e. The van der Waals surface area contributed by atoms with Gasteiger partial charge in [0, 0.05) is 6.42 Å². The molecular formula is C9H18FNO4. The fourth-order valence-electron chi connectivity index (χ4n) is 1.03. The molecule has 1 unspecified atom stereocenters. The number of carboxylic acid groups (broad SMARTS) is 2. The van der Waals surface area contributed by atoms with Gasteiger partial charge in [0.25, 0.3) is 0 Å². The second-order valence-electron chi connectivity index (χ2n) is 3.13. The highest BCUT2D eigenvalue weighted by molar-refractivity contribution is 5.75. The lowest BCUT2D eigenvalue weighted by molar-refractivity contribution is -0.140. The van der Waals surface area contributed by atoms with Gasteiger partial charge in [-0.15, -0.1) is 0 Å². The van der Waals surface area contributed by atoms with Crippen LogP contribution in [-0.4, -0.2) is 34.7 Å². The number of aliphatic carboxylic acids is 2. The van der Waals surface area contributed by atoms with Gasteiger partial charge in [-0.25, -0.2) is 0 Å². The molecule has 0 aromatic heterocycles. The van der Waals surface area contributed by atoms with E-state index >= 15 is 0 Å². The van der Waals surface area contributed by atoms with Crippen molar-refractivity contribution in [2.24, 2.45) is 0 Å². The molecule has 0 radical (unpaired) electrons. The van der Waals surface area contributed by atoms with E-state index in [1.54, 1.807) is 0 Å². The zero-order valence-corrected chi connectivity index (χ0v) is 8.73. The highest BCUT2D eigenvalue weighted by Gasteiger charge is 2.17. The number of rotatable bonds is 8. The van der Waals surface area contributed by atoms with E-state index < -0.39 is 18.0 Å². The third-order valence-electron chi connectivity index (χ3n) is 1.87. The zero-order chi connectivity index (χ0) is 11.0. The van der Waals surface area contributed by atoms with Crippen LogP contribution in [0.25, 0.3) is 0 Å². The molecule has 0 spiro atoms. The van der Waals surface area contributed by atoms with E-state index in [4.69, 9.17) is 10.2 Å². The Kier molecular flexibility index (Phi) is 10.2. The van der Waals surface area contributed by atoms with Crippen molar-refractivity contribution in [2.45, 2.75) is 38.6 Å². The molecule has 6 heteroatoms. The molecule has 0 aliphatic carbocycles. The van der Waals surface area contributed by atoms with Gasteiger partial charge in [-0.1, -0.05) is 13.3 Å². The molecule has 0 saturated heterocycles. The molecule has 0 amide bonds. The topological polar surface area (TPSA) is 86.6 Å². The summed E-state index contributed by atoms with van der Waals surface area (Å²) in [5.41, 5.74) is 0. The number of nitrogens with one attached hydrogen (secondary N) is 1. The SMILES string of the molecule is CCCCNC(CCC(=O)O)C(=O)O.F. The molecule has 0 aromatic carbocycles. The van der Waals surface area contributed by atoms with Crippen LogP contribution in [-0.2, 0) is 9.59 Å². The van der Waals surface area contributed by atoms with Gasteiger partial charge < -0.3 is 15.5 Å². The van der Waals surface area contributed by atoms with Crippen molar-refractivity contribution in [3.05, 3.63) is 0 Å². The Balaban J connectivity index is 0. The fraction of sp³-hybridized carbons (Fsp3) is 0.778. The van der Waals surface area contributed by atoms with E-state index in [9.17, 15) is 9.59 Å². The van der Waals surface area contributed by atoms with Crippen LogP contribution in [0.4, 0.5) is 4.70 Å². The molecule has 90 valence electrons. The van der Waals surface area contributed by atoms with Gasteiger partial charge in [0.2, 0.25) is 0 Å². The standard InChI is InChI=1S/C9H17NO4.FH/c1-2-3-6-10-7(9(13)14)4-5-8(11)12;/h7,10H,2-6H2,1H3,(H,11,12)(H,13,14);1H. The first-order chi connectivity index (χ1) is 6.57. The van der Waals surface area contributed by atoms with Crippen molar-refractivity contribution >= 4 is 11.9 Å². The van der Waals surface area contributed by atoms with Crippen LogP contribution in [0.15, 0.2) is 0 Å². The van der Waals surface area contributed by atoms with Gasteiger partial charge in [-0.3, -0.25) is 14.3 Å². The summed E-state index contributed by atoms with van der Waals surface area (Å²) in [4.78, 5) is 20.9. The predicted molar refractivity (Wildman–Crippen MR) is 53.7 cm³/mol.